The molecule has 1 aromatic heterocycles. The Morgan fingerprint density at radius 2 is 2.06 bits per heavy atom. The van der Waals surface area contributed by atoms with Crippen LogP contribution in [0.2, 0.25) is 0 Å². The van der Waals surface area contributed by atoms with Crippen LogP contribution in [0.3, 0.4) is 0 Å². The zero-order valence-corrected chi connectivity index (χ0v) is 11.7. The Labute approximate surface area is 111 Å². The lowest BCUT2D eigenvalue weighted by Gasteiger charge is -2.14. The topological polar surface area (TPSA) is 28.4 Å². The zero-order chi connectivity index (χ0) is 12.8. The lowest BCUT2D eigenvalue weighted by molar-refractivity contribution is 0.283. The quantitative estimate of drug-likeness (QED) is 0.682. The van der Waals surface area contributed by atoms with Gasteiger partial charge in [0.2, 0.25) is 0 Å². The highest BCUT2D eigenvalue weighted by Crippen LogP contribution is 2.19. The van der Waals surface area contributed by atoms with Gasteiger partial charge in [-0.1, -0.05) is 19.8 Å². The van der Waals surface area contributed by atoms with Crippen LogP contribution in [-0.2, 0) is 13.1 Å². The summed E-state index contributed by atoms with van der Waals surface area (Å²) in [6, 6.07) is 4.96. The second-order valence-corrected chi connectivity index (χ2v) is 5.47. The Hall–Kier alpha value is -0.800. The van der Waals surface area contributed by atoms with Gasteiger partial charge in [-0.05, 0) is 45.0 Å². The molecular weight excluding hydrogens is 224 g/mol. The number of rotatable bonds is 9. The molecule has 1 saturated carbocycles. The molecule has 0 aromatic carbocycles. The van der Waals surface area contributed by atoms with E-state index in [1.165, 1.54) is 32.1 Å². The Morgan fingerprint density at radius 3 is 2.78 bits per heavy atom. The Bertz CT molecular complexity index is 344. The van der Waals surface area contributed by atoms with Gasteiger partial charge in [0.25, 0.3) is 0 Å². The average molecular weight is 250 g/mol. The first-order valence-corrected chi connectivity index (χ1v) is 7.27. The van der Waals surface area contributed by atoms with Gasteiger partial charge in [-0.25, -0.2) is 0 Å². The molecule has 3 heteroatoms. The van der Waals surface area contributed by atoms with Crippen LogP contribution in [0.5, 0.6) is 0 Å². The summed E-state index contributed by atoms with van der Waals surface area (Å²) in [5, 5.41) is 3.47. The fraction of sp³-hybridized carbons (Fsp3) is 0.733. The monoisotopic (exact) mass is 250 g/mol. The van der Waals surface area contributed by atoms with Crippen molar-refractivity contribution in [1.82, 2.24) is 10.2 Å². The summed E-state index contributed by atoms with van der Waals surface area (Å²) in [5.41, 5.74) is 0. The molecule has 1 aliphatic rings. The molecule has 18 heavy (non-hydrogen) atoms. The largest absolute Gasteiger partial charge is 0.463 e. The van der Waals surface area contributed by atoms with Crippen molar-refractivity contribution >= 4 is 0 Å². The van der Waals surface area contributed by atoms with E-state index in [1.54, 1.807) is 0 Å². The van der Waals surface area contributed by atoms with E-state index in [1.807, 2.05) is 0 Å². The molecule has 0 unspecified atom stereocenters. The van der Waals surface area contributed by atoms with E-state index in [0.29, 0.717) is 0 Å². The Morgan fingerprint density at radius 1 is 1.28 bits per heavy atom. The van der Waals surface area contributed by atoms with Crippen LogP contribution in [0.15, 0.2) is 16.5 Å². The minimum Gasteiger partial charge on any atom is -0.463 e. The van der Waals surface area contributed by atoms with Crippen LogP contribution in [0, 0.1) is 0 Å². The van der Waals surface area contributed by atoms with Crippen molar-refractivity contribution < 1.29 is 4.42 Å². The van der Waals surface area contributed by atoms with Gasteiger partial charge in [-0.3, -0.25) is 4.90 Å². The molecule has 0 aliphatic heterocycles. The standard InChI is InChI=1S/C15H26N2O/c1-3-4-5-10-17(2)12-15-9-8-14(18-15)11-16-13-6-7-13/h8-9,13,16H,3-7,10-12H2,1-2H3. The second kappa shape index (κ2) is 6.95. The fourth-order valence-corrected chi connectivity index (χ4v) is 2.11. The normalized spacial score (nSPS) is 15.5. The molecule has 1 aromatic rings. The third-order valence-electron chi connectivity index (χ3n) is 3.43. The van der Waals surface area contributed by atoms with Crippen LogP contribution < -0.4 is 5.32 Å². The van der Waals surface area contributed by atoms with Crippen LogP contribution >= 0.6 is 0 Å². The van der Waals surface area contributed by atoms with Crippen molar-refractivity contribution in [2.24, 2.45) is 0 Å². The zero-order valence-electron chi connectivity index (χ0n) is 11.7. The van der Waals surface area contributed by atoms with E-state index in [9.17, 15) is 0 Å². The van der Waals surface area contributed by atoms with Gasteiger partial charge in [0.15, 0.2) is 0 Å². The SMILES string of the molecule is CCCCCN(C)Cc1ccc(CNC2CC2)o1. The van der Waals surface area contributed by atoms with Gasteiger partial charge in [0.05, 0.1) is 13.1 Å². The smallest absolute Gasteiger partial charge is 0.118 e. The molecule has 0 amide bonds. The van der Waals surface area contributed by atoms with E-state index in [4.69, 9.17) is 4.42 Å². The summed E-state index contributed by atoms with van der Waals surface area (Å²) < 4.78 is 5.83. The molecule has 1 heterocycles. The van der Waals surface area contributed by atoms with Crippen molar-refractivity contribution in [3.05, 3.63) is 23.7 Å². The molecule has 1 aliphatic carbocycles. The molecule has 0 saturated heterocycles. The van der Waals surface area contributed by atoms with E-state index < -0.39 is 0 Å². The van der Waals surface area contributed by atoms with Crippen molar-refractivity contribution in [3.8, 4) is 0 Å². The summed E-state index contributed by atoms with van der Waals surface area (Å²) in [6.45, 7) is 5.20. The number of unbranched alkanes of at least 4 members (excludes halogenated alkanes) is 2. The molecule has 1 fully saturated rings. The molecule has 102 valence electrons. The first-order valence-electron chi connectivity index (χ1n) is 7.27. The minimum absolute atomic E-state index is 0.746. The number of furan rings is 1. The fourth-order valence-electron chi connectivity index (χ4n) is 2.11. The van der Waals surface area contributed by atoms with Crippen LogP contribution in [0.1, 0.15) is 50.5 Å². The summed E-state index contributed by atoms with van der Waals surface area (Å²) in [6.07, 6.45) is 6.54. The van der Waals surface area contributed by atoms with Crippen molar-refractivity contribution in [2.45, 2.75) is 58.2 Å². The van der Waals surface area contributed by atoms with Crippen LogP contribution in [-0.4, -0.2) is 24.5 Å². The third-order valence-corrected chi connectivity index (χ3v) is 3.43. The Balaban J connectivity index is 1.67. The number of hydrogen-bond acceptors (Lipinski definition) is 3. The van der Waals surface area contributed by atoms with E-state index in [0.717, 1.165) is 37.2 Å². The van der Waals surface area contributed by atoms with Crippen LogP contribution in [0.4, 0.5) is 0 Å². The molecule has 1 N–H and O–H groups in total. The maximum absolute atomic E-state index is 5.83. The predicted molar refractivity (Wildman–Crippen MR) is 74.4 cm³/mol. The number of nitrogens with one attached hydrogen (secondary N) is 1. The van der Waals surface area contributed by atoms with Crippen LogP contribution in [0.25, 0.3) is 0 Å². The average Bonchev–Trinajstić information content (AvgIpc) is 3.08. The van der Waals surface area contributed by atoms with E-state index in [2.05, 4.69) is 36.3 Å². The first kappa shape index (κ1) is 13.6. The highest BCUT2D eigenvalue weighted by molar-refractivity contribution is 5.07. The second-order valence-electron chi connectivity index (χ2n) is 5.47. The molecule has 0 atom stereocenters. The highest BCUT2D eigenvalue weighted by atomic mass is 16.3. The number of nitrogens with zero attached hydrogens (tertiary/aromatic N) is 1. The molecule has 2 rings (SSSR count). The van der Waals surface area contributed by atoms with Gasteiger partial charge in [0, 0.05) is 6.04 Å². The summed E-state index contributed by atoms with van der Waals surface area (Å²) >= 11 is 0. The van der Waals surface area contributed by atoms with Gasteiger partial charge >= 0.3 is 0 Å². The molecule has 0 spiro atoms. The summed E-state index contributed by atoms with van der Waals surface area (Å²) in [7, 11) is 2.17. The minimum atomic E-state index is 0.746. The first-order chi connectivity index (χ1) is 8.78. The van der Waals surface area contributed by atoms with Gasteiger partial charge in [-0.15, -0.1) is 0 Å². The molecular formula is C15H26N2O. The number of hydrogen-bond donors (Lipinski definition) is 1. The van der Waals surface area contributed by atoms with Crippen molar-refractivity contribution in [3.63, 3.8) is 0 Å². The lowest BCUT2D eigenvalue weighted by Crippen LogP contribution is -2.18. The van der Waals surface area contributed by atoms with Crippen molar-refractivity contribution in [1.29, 1.82) is 0 Å². The van der Waals surface area contributed by atoms with Gasteiger partial charge in [0.1, 0.15) is 11.5 Å². The lowest BCUT2D eigenvalue weighted by atomic mass is 10.2. The summed E-state index contributed by atoms with van der Waals surface area (Å²) in [4.78, 5) is 2.34. The maximum Gasteiger partial charge on any atom is 0.118 e. The summed E-state index contributed by atoms with van der Waals surface area (Å²) in [5.74, 6) is 2.15. The molecule has 3 nitrogen and oxygen atoms in total. The predicted octanol–water partition coefficient (Wildman–Crippen LogP) is 3.15. The highest BCUT2D eigenvalue weighted by Gasteiger charge is 2.20. The maximum atomic E-state index is 5.83. The van der Waals surface area contributed by atoms with Crippen molar-refractivity contribution in [2.75, 3.05) is 13.6 Å². The molecule has 0 radical (unpaired) electrons. The molecule has 0 bridgehead atoms. The van der Waals surface area contributed by atoms with Gasteiger partial charge in [-0.2, -0.15) is 0 Å². The Kier molecular flexibility index (Phi) is 5.26. The third kappa shape index (κ3) is 4.83. The van der Waals surface area contributed by atoms with E-state index in [-0.39, 0.29) is 0 Å². The van der Waals surface area contributed by atoms with E-state index >= 15 is 0 Å². The van der Waals surface area contributed by atoms with Gasteiger partial charge < -0.3 is 9.73 Å².